The molecule has 0 amide bonds. The maximum Gasteiger partial charge on any atom is 0.401 e. The van der Waals surface area contributed by atoms with Crippen LogP contribution in [0.15, 0.2) is 30.3 Å². The topological polar surface area (TPSA) is 15.3 Å². The molecule has 1 aliphatic rings. The third-order valence-electron chi connectivity index (χ3n) is 3.96. The number of halogens is 3. The monoisotopic (exact) mass is 300 g/mol. The van der Waals surface area contributed by atoms with Crippen molar-refractivity contribution < 1.29 is 13.2 Å². The molecule has 0 bridgehead atoms. The molecule has 21 heavy (non-hydrogen) atoms. The van der Waals surface area contributed by atoms with E-state index in [2.05, 4.69) is 5.32 Å². The van der Waals surface area contributed by atoms with Crippen LogP contribution in [-0.2, 0) is 6.42 Å². The lowest BCUT2D eigenvalue weighted by molar-refractivity contribution is -0.152. The van der Waals surface area contributed by atoms with Gasteiger partial charge < -0.3 is 5.32 Å². The van der Waals surface area contributed by atoms with Gasteiger partial charge in [-0.2, -0.15) is 13.2 Å². The van der Waals surface area contributed by atoms with Gasteiger partial charge in [-0.25, -0.2) is 0 Å². The predicted molar refractivity (Wildman–Crippen MR) is 78.3 cm³/mol. The molecule has 118 valence electrons. The zero-order valence-corrected chi connectivity index (χ0v) is 12.2. The van der Waals surface area contributed by atoms with E-state index in [0.717, 1.165) is 38.8 Å². The Bertz CT molecular complexity index is 400. The molecular weight excluding hydrogens is 277 g/mol. The zero-order valence-electron chi connectivity index (χ0n) is 12.2. The van der Waals surface area contributed by atoms with E-state index in [0.29, 0.717) is 6.54 Å². The summed E-state index contributed by atoms with van der Waals surface area (Å²) in [6, 6.07) is 10.0. The minimum absolute atomic E-state index is 0.0589. The van der Waals surface area contributed by atoms with Gasteiger partial charge >= 0.3 is 6.18 Å². The fraction of sp³-hybridized carbons (Fsp3) is 0.625. The van der Waals surface area contributed by atoms with Crippen molar-refractivity contribution in [3.63, 3.8) is 0 Å². The summed E-state index contributed by atoms with van der Waals surface area (Å²) in [5, 5.41) is 3.21. The first-order chi connectivity index (χ1) is 10.0. The van der Waals surface area contributed by atoms with Gasteiger partial charge in [-0.05, 0) is 50.9 Å². The van der Waals surface area contributed by atoms with Crippen LogP contribution in [-0.4, -0.2) is 43.3 Å². The lowest BCUT2D eigenvalue weighted by atomic mass is 10.0. The first kappa shape index (κ1) is 16.3. The Balaban J connectivity index is 1.86. The summed E-state index contributed by atoms with van der Waals surface area (Å²) in [5.74, 6) is 0. The number of benzene rings is 1. The summed E-state index contributed by atoms with van der Waals surface area (Å²) in [4.78, 5) is 1.63. The summed E-state index contributed by atoms with van der Waals surface area (Å²) >= 11 is 0. The molecule has 0 atom stereocenters. The first-order valence-electron chi connectivity index (χ1n) is 7.60. The van der Waals surface area contributed by atoms with E-state index in [9.17, 15) is 13.2 Å². The summed E-state index contributed by atoms with van der Waals surface area (Å²) in [5.41, 5.74) is 1.19. The van der Waals surface area contributed by atoms with Gasteiger partial charge in [0.2, 0.25) is 0 Å². The number of nitrogens with zero attached hydrogens (tertiary/aromatic N) is 1. The minimum atomic E-state index is -4.11. The van der Waals surface area contributed by atoms with Crippen molar-refractivity contribution in [3.8, 4) is 0 Å². The highest BCUT2D eigenvalue weighted by Crippen LogP contribution is 2.21. The molecule has 2 nitrogen and oxygen atoms in total. The molecule has 1 fully saturated rings. The molecule has 2 rings (SSSR count). The van der Waals surface area contributed by atoms with Gasteiger partial charge in [0.15, 0.2) is 0 Å². The van der Waals surface area contributed by atoms with E-state index < -0.39 is 12.7 Å². The van der Waals surface area contributed by atoms with Crippen molar-refractivity contribution in [1.29, 1.82) is 0 Å². The van der Waals surface area contributed by atoms with Crippen LogP contribution in [0.2, 0.25) is 0 Å². The molecule has 0 unspecified atom stereocenters. The molecule has 0 aromatic heterocycles. The highest BCUT2D eigenvalue weighted by molar-refractivity contribution is 5.14. The van der Waals surface area contributed by atoms with Gasteiger partial charge in [-0.3, -0.25) is 4.90 Å². The molecule has 1 aliphatic heterocycles. The zero-order chi connectivity index (χ0) is 15.1. The fourth-order valence-electron chi connectivity index (χ4n) is 2.92. The summed E-state index contributed by atoms with van der Waals surface area (Å²) < 4.78 is 38.3. The largest absolute Gasteiger partial charge is 0.401 e. The van der Waals surface area contributed by atoms with E-state index >= 15 is 0 Å². The number of alkyl halides is 3. The van der Waals surface area contributed by atoms with Crippen LogP contribution in [0.5, 0.6) is 0 Å². The smallest absolute Gasteiger partial charge is 0.317 e. The number of aryl methyl sites for hydroxylation is 1. The summed E-state index contributed by atoms with van der Waals surface area (Å²) in [6.07, 6.45) is -0.898. The maximum absolute atomic E-state index is 12.8. The summed E-state index contributed by atoms with van der Waals surface area (Å²) in [7, 11) is 0. The Labute approximate surface area is 124 Å². The Morgan fingerprint density at radius 3 is 2.38 bits per heavy atom. The molecule has 0 radical (unpaired) electrons. The first-order valence-corrected chi connectivity index (χ1v) is 7.60. The quantitative estimate of drug-likeness (QED) is 0.867. The van der Waals surface area contributed by atoms with Crippen molar-refractivity contribution in [2.24, 2.45) is 0 Å². The maximum atomic E-state index is 12.8. The third-order valence-corrected chi connectivity index (χ3v) is 3.96. The highest BCUT2D eigenvalue weighted by Gasteiger charge is 2.33. The second-order valence-corrected chi connectivity index (χ2v) is 5.66. The minimum Gasteiger partial charge on any atom is -0.317 e. The van der Waals surface area contributed by atoms with Crippen LogP contribution in [0.3, 0.4) is 0 Å². The lowest BCUT2D eigenvalue weighted by Crippen LogP contribution is -2.47. The van der Waals surface area contributed by atoms with E-state index in [1.165, 1.54) is 5.56 Å². The van der Waals surface area contributed by atoms with Gasteiger partial charge in [0.25, 0.3) is 0 Å². The van der Waals surface area contributed by atoms with E-state index in [1.807, 2.05) is 30.3 Å². The molecule has 1 saturated heterocycles. The summed E-state index contributed by atoms with van der Waals surface area (Å²) in [6.45, 7) is 1.36. The van der Waals surface area contributed by atoms with Crippen LogP contribution in [0.25, 0.3) is 0 Å². The van der Waals surface area contributed by atoms with E-state index in [-0.39, 0.29) is 6.04 Å². The van der Waals surface area contributed by atoms with Crippen molar-refractivity contribution >= 4 is 0 Å². The molecule has 1 aromatic rings. The number of nitrogens with one attached hydrogen (secondary N) is 1. The molecular formula is C16H23F3N2. The Morgan fingerprint density at radius 1 is 1.10 bits per heavy atom. The Morgan fingerprint density at radius 2 is 1.76 bits per heavy atom. The fourth-order valence-corrected chi connectivity index (χ4v) is 2.92. The van der Waals surface area contributed by atoms with Gasteiger partial charge in [-0.1, -0.05) is 30.3 Å². The average Bonchev–Trinajstić information content (AvgIpc) is 2.47. The molecule has 1 heterocycles. The number of hydrogen-bond donors (Lipinski definition) is 1. The van der Waals surface area contributed by atoms with Gasteiger partial charge in [0.1, 0.15) is 0 Å². The molecule has 1 N–H and O–H groups in total. The number of rotatable bonds is 6. The number of piperidine rings is 1. The van der Waals surface area contributed by atoms with Crippen LogP contribution in [0.4, 0.5) is 13.2 Å². The number of hydrogen-bond acceptors (Lipinski definition) is 2. The van der Waals surface area contributed by atoms with E-state index in [4.69, 9.17) is 0 Å². The van der Waals surface area contributed by atoms with Crippen molar-refractivity contribution in [3.05, 3.63) is 35.9 Å². The second kappa shape index (κ2) is 7.80. The van der Waals surface area contributed by atoms with Gasteiger partial charge in [0.05, 0.1) is 6.54 Å². The average molecular weight is 300 g/mol. The van der Waals surface area contributed by atoms with E-state index in [1.54, 1.807) is 4.90 Å². The van der Waals surface area contributed by atoms with Crippen LogP contribution in [0.1, 0.15) is 24.8 Å². The van der Waals surface area contributed by atoms with Crippen LogP contribution < -0.4 is 5.32 Å². The van der Waals surface area contributed by atoms with Crippen molar-refractivity contribution in [2.45, 2.75) is 37.9 Å². The lowest BCUT2D eigenvalue weighted by Gasteiger charge is -2.35. The molecule has 0 saturated carbocycles. The Hall–Kier alpha value is -1.07. The SMILES string of the molecule is FC(F)(F)CN(CCCc1ccccc1)C1CCNCC1. The Kier molecular flexibility index (Phi) is 6.06. The van der Waals surface area contributed by atoms with Crippen LogP contribution in [0, 0.1) is 0 Å². The third kappa shape index (κ3) is 6.06. The molecule has 0 aliphatic carbocycles. The molecule has 0 spiro atoms. The molecule has 5 heteroatoms. The van der Waals surface area contributed by atoms with Crippen LogP contribution >= 0.6 is 0 Å². The normalized spacial score (nSPS) is 17.3. The van der Waals surface area contributed by atoms with Crippen molar-refractivity contribution in [2.75, 3.05) is 26.2 Å². The highest BCUT2D eigenvalue weighted by atomic mass is 19.4. The second-order valence-electron chi connectivity index (χ2n) is 5.66. The van der Waals surface area contributed by atoms with Gasteiger partial charge in [-0.15, -0.1) is 0 Å². The van der Waals surface area contributed by atoms with Crippen molar-refractivity contribution in [1.82, 2.24) is 10.2 Å². The standard InChI is InChI=1S/C16H23F3N2/c17-16(18,19)13-21(15-8-10-20-11-9-15)12-4-7-14-5-2-1-3-6-14/h1-3,5-6,15,20H,4,7-13H2. The van der Waals surface area contributed by atoms with Gasteiger partial charge in [0, 0.05) is 6.04 Å². The predicted octanol–water partition coefficient (Wildman–Crippen LogP) is 3.24. The molecule has 1 aromatic carbocycles.